The van der Waals surface area contributed by atoms with Crippen molar-refractivity contribution in [1.29, 1.82) is 0 Å². The van der Waals surface area contributed by atoms with E-state index < -0.39 is 0 Å². The molecule has 1 aromatic carbocycles. The molecular weight excluding hydrogens is 310 g/mol. The lowest BCUT2D eigenvalue weighted by Crippen LogP contribution is -2.39. The molecule has 2 heterocycles. The maximum atomic E-state index is 4.66. The van der Waals surface area contributed by atoms with Crippen LogP contribution in [0.3, 0.4) is 0 Å². The van der Waals surface area contributed by atoms with Gasteiger partial charge in [-0.05, 0) is 24.1 Å². The van der Waals surface area contributed by atoms with Crippen LogP contribution in [0.15, 0.2) is 53.5 Å². The fourth-order valence-corrected chi connectivity index (χ4v) is 3.27. The monoisotopic (exact) mass is 337 g/mol. The minimum absolute atomic E-state index is 0.579. The molecule has 1 N–H and O–H groups in total. The van der Waals surface area contributed by atoms with Crippen molar-refractivity contribution in [2.75, 3.05) is 39.1 Å². The topological polar surface area (TPSA) is 43.8 Å². The highest BCUT2D eigenvalue weighted by atomic mass is 15.3. The summed E-state index contributed by atoms with van der Waals surface area (Å²) in [4.78, 5) is 13.5. The van der Waals surface area contributed by atoms with E-state index in [4.69, 9.17) is 0 Å². The second kappa shape index (κ2) is 8.01. The number of hydrogen-bond donors (Lipinski definition) is 1. The summed E-state index contributed by atoms with van der Waals surface area (Å²) in [5, 5.41) is 3.46. The van der Waals surface area contributed by atoms with Gasteiger partial charge in [0.2, 0.25) is 0 Å². The van der Waals surface area contributed by atoms with Crippen LogP contribution in [0.5, 0.6) is 0 Å². The first-order chi connectivity index (χ1) is 12.2. The summed E-state index contributed by atoms with van der Waals surface area (Å²) in [6.07, 6.45) is 1.17. The fourth-order valence-electron chi connectivity index (χ4n) is 3.27. The lowest BCUT2D eigenvalue weighted by molar-refractivity contribution is 0.485. The summed E-state index contributed by atoms with van der Waals surface area (Å²) in [5.74, 6) is 2.50. The van der Waals surface area contributed by atoms with Crippen molar-refractivity contribution in [3.63, 3.8) is 0 Å². The molecule has 0 amide bonds. The average Bonchev–Trinajstić information content (AvgIpc) is 3.13. The molecule has 1 saturated heterocycles. The summed E-state index contributed by atoms with van der Waals surface area (Å²) >= 11 is 0. The van der Waals surface area contributed by atoms with Gasteiger partial charge in [0.15, 0.2) is 5.96 Å². The van der Waals surface area contributed by atoms with Crippen molar-refractivity contribution in [2.24, 2.45) is 4.99 Å². The van der Waals surface area contributed by atoms with Gasteiger partial charge in [-0.3, -0.25) is 4.99 Å². The summed E-state index contributed by atoms with van der Waals surface area (Å²) in [7, 11) is 5.86. The van der Waals surface area contributed by atoms with Crippen LogP contribution in [0.1, 0.15) is 23.6 Å². The lowest BCUT2D eigenvalue weighted by Gasteiger charge is -2.22. The summed E-state index contributed by atoms with van der Waals surface area (Å²) in [6, 6.07) is 16.9. The molecule has 0 aliphatic carbocycles. The van der Waals surface area contributed by atoms with Crippen molar-refractivity contribution >= 4 is 11.8 Å². The Morgan fingerprint density at radius 2 is 2.00 bits per heavy atom. The zero-order chi connectivity index (χ0) is 17.6. The minimum atomic E-state index is 0.579. The first kappa shape index (κ1) is 17.3. The average molecular weight is 337 g/mol. The van der Waals surface area contributed by atoms with Crippen LogP contribution in [0, 0.1) is 0 Å². The van der Waals surface area contributed by atoms with Gasteiger partial charge in [0.25, 0.3) is 0 Å². The van der Waals surface area contributed by atoms with Crippen molar-refractivity contribution in [2.45, 2.75) is 18.9 Å². The van der Waals surface area contributed by atoms with E-state index in [1.807, 2.05) is 44.2 Å². The summed E-state index contributed by atoms with van der Waals surface area (Å²) in [6.45, 7) is 2.72. The van der Waals surface area contributed by atoms with E-state index in [0.717, 1.165) is 30.6 Å². The number of nitrogens with zero attached hydrogens (tertiary/aromatic N) is 4. The summed E-state index contributed by atoms with van der Waals surface area (Å²) < 4.78 is 0. The van der Waals surface area contributed by atoms with Crippen LogP contribution in [0.2, 0.25) is 0 Å². The molecule has 3 rings (SSSR count). The zero-order valence-corrected chi connectivity index (χ0v) is 15.3. The molecule has 1 aliphatic rings. The van der Waals surface area contributed by atoms with Gasteiger partial charge in [0, 0.05) is 40.2 Å². The quantitative estimate of drug-likeness (QED) is 0.688. The number of benzene rings is 1. The molecule has 25 heavy (non-hydrogen) atoms. The van der Waals surface area contributed by atoms with Gasteiger partial charge in [0.1, 0.15) is 5.82 Å². The Labute approximate surface area is 150 Å². The molecular formula is C20H27N5. The highest BCUT2D eigenvalue weighted by molar-refractivity contribution is 5.80. The van der Waals surface area contributed by atoms with Crippen LogP contribution < -0.4 is 10.2 Å². The second-order valence-corrected chi connectivity index (χ2v) is 6.62. The SMILES string of the molecule is CN=C(NCc1cccc(N(C)C)n1)N1CCC(c2ccccc2)C1. The zero-order valence-electron chi connectivity index (χ0n) is 15.3. The van der Waals surface area contributed by atoms with Crippen molar-refractivity contribution in [3.8, 4) is 0 Å². The fraction of sp³-hybridized carbons (Fsp3) is 0.400. The Balaban J connectivity index is 1.59. The van der Waals surface area contributed by atoms with E-state index in [9.17, 15) is 0 Å². The predicted octanol–water partition coefficient (Wildman–Crippen LogP) is 2.71. The molecule has 0 bridgehead atoms. The number of pyridine rings is 1. The van der Waals surface area contributed by atoms with Gasteiger partial charge in [-0.15, -0.1) is 0 Å². The van der Waals surface area contributed by atoms with Crippen LogP contribution in [-0.2, 0) is 6.54 Å². The molecule has 5 heteroatoms. The number of rotatable bonds is 4. The summed E-state index contributed by atoms with van der Waals surface area (Å²) in [5.41, 5.74) is 2.44. The Morgan fingerprint density at radius 1 is 1.20 bits per heavy atom. The molecule has 0 radical (unpaired) electrons. The third kappa shape index (κ3) is 4.29. The number of hydrogen-bond acceptors (Lipinski definition) is 3. The Hall–Kier alpha value is -2.56. The second-order valence-electron chi connectivity index (χ2n) is 6.62. The number of anilines is 1. The Kier molecular flexibility index (Phi) is 5.53. The van der Waals surface area contributed by atoms with Gasteiger partial charge < -0.3 is 15.1 Å². The molecule has 1 unspecified atom stereocenters. The number of guanidine groups is 1. The Morgan fingerprint density at radius 3 is 2.72 bits per heavy atom. The molecule has 1 aromatic heterocycles. The maximum absolute atomic E-state index is 4.66. The highest BCUT2D eigenvalue weighted by Gasteiger charge is 2.25. The van der Waals surface area contributed by atoms with Crippen LogP contribution >= 0.6 is 0 Å². The minimum Gasteiger partial charge on any atom is -0.363 e. The van der Waals surface area contributed by atoms with E-state index >= 15 is 0 Å². The van der Waals surface area contributed by atoms with Crippen molar-refractivity contribution in [1.82, 2.24) is 15.2 Å². The standard InChI is InChI=1S/C20H27N5/c1-21-20(22-14-18-10-7-11-19(23-18)24(2)3)25-13-12-17(15-25)16-8-5-4-6-9-16/h4-11,17H,12-15H2,1-3H3,(H,21,22). The number of likely N-dealkylation sites (tertiary alicyclic amines) is 1. The molecule has 0 saturated carbocycles. The van der Waals surface area contributed by atoms with Gasteiger partial charge in [-0.1, -0.05) is 36.4 Å². The van der Waals surface area contributed by atoms with Gasteiger partial charge in [-0.25, -0.2) is 4.98 Å². The smallest absolute Gasteiger partial charge is 0.193 e. The normalized spacial score (nSPS) is 17.6. The van der Waals surface area contributed by atoms with Crippen molar-refractivity contribution in [3.05, 3.63) is 59.8 Å². The molecule has 1 aliphatic heterocycles. The lowest BCUT2D eigenvalue weighted by atomic mass is 9.99. The van der Waals surface area contributed by atoms with Gasteiger partial charge >= 0.3 is 0 Å². The van der Waals surface area contributed by atoms with E-state index in [1.54, 1.807) is 0 Å². The first-order valence-corrected chi connectivity index (χ1v) is 8.81. The van der Waals surface area contributed by atoms with E-state index in [1.165, 1.54) is 12.0 Å². The molecule has 2 aromatic rings. The van der Waals surface area contributed by atoms with Crippen LogP contribution in [-0.4, -0.2) is 50.1 Å². The third-order valence-corrected chi connectivity index (χ3v) is 4.65. The van der Waals surface area contributed by atoms with Crippen LogP contribution in [0.25, 0.3) is 0 Å². The number of aliphatic imine (C=N–C) groups is 1. The predicted molar refractivity (Wildman–Crippen MR) is 104 cm³/mol. The van der Waals surface area contributed by atoms with E-state index in [2.05, 4.69) is 50.5 Å². The maximum Gasteiger partial charge on any atom is 0.193 e. The van der Waals surface area contributed by atoms with Crippen molar-refractivity contribution < 1.29 is 0 Å². The molecule has 132 valence electrons. The van der Waals surface area contributed by atoms with Crippen LogP contribution in [0.4, 0.5) is 5.82 Å². The molecule has 1 fully saturated rings. The Bertz CT molecular complexity index is 711. The molecule has 0 spiro atoms. The van der Waals surface area contributed by atoms with E-state index in [0.29, 0.717) is 12.5 Å². The van der Waals surface area contributed by atoms with Gasteiger partial charge in [-0.2, -0.15) is 0 Å². The number of nitrogens with one attached hydrogen (secondary N) is 1. The van der Waals surface area contributed by atoms with Gasteiger partial charge in [0.05, 0.1) is 12.2 Å². The largest absolute Gasteiger partial charge is 0.363 e. The number of aromatic nitrogens is 1. The first-order valence-electron chi connectivity index (χ1n) is 8.81. The molecule has 5 nitrogen and oxygen atoms in total. The van der Waals surface area contributed by atoms with E-state index in [-0.39, 0.29) is 0 Å². The highest BCUT2D eigenvalue weighted by Crippen LogP contribution is 2.26. The molecule has 1 atom stereocenters. The third-order valence-electron chi connectivity index (χ3n) is 4.65.